The summed E-state index contributed by atoms with van der Waals surface area (Å²) in [4.78, 5) is 112. The predicted molar refractivity (Wildman–Crippen MR) is 308 cm³/mol. The number of fused-ring (bicyclic) bond motifs is 2. The second-order valence-electron chi connectivity index (χ2n) is 20.5. The molecule has 4 aliphatic heterocycles. The maximum Gasteiger partial charge on any atom is 0.404 e. The first-order valence-corrected chi connectivity index (χ1v) is 29.5. The number of aromatic nitrogens is 2. The number of esters is 3. The molecule has 0 radical (unpaired) electrons. The van der Waals surface area contributed by atoms with Crippen LogP contribution in [0.2, 0.25) is 0 Å². The highest BCUT2D eigenvalue weighted by atomic mass is 32.2. The number of aromatic carboxylic acids is 1. The van der Waals surface area contributed by atoms with Gasteiger partial charge in [0.2, 0.25) is 0 Å². The Morgan fingerprint density at radius 3 is 1.25 bits per heavy atom. The van der Waals surface area contributed by atoms with Crippen molar-refractivity contribution < 1.29 is 84.0 Å². The first kappa shape index (κ1) is 61.2. The van der Waals surface area contributed by atoms with E-state index in [0.29, 0.717) is 22.3 Å². The van der Waals surface area contributed by atoms with Gasteiger partial charge in [0.15, 0.2) is 54.7 Å². The predicted octanol–water partition coefficient (Wildman–Crippen LogP) is 5.28. The third-order valence-corrected chi connectivity index (χ3v) is 20.3. The Kier molecular flexibility index (Phi) is 17.4. The van der Waals surface area contributed by atoms with E-state index in [1.165, 1.54) is 62.7 Å². The number of nitrogens with two attached hydrogens (primary N) is 2. The van der Waals surface area contributed by atoms with Gasteiger partial charge >= 0.3 is 36.1 Å². The van der Waals surface area contributed by atoms with Crippen molar-refractivity contribution in [3.05, 3.63) is 227 Å². The number of amides is 4. The molecule has 6 aromatic rings. The summed E-state index contributed by atoms with van der Waals surface area (Å²) in [7, 11) is -8.90. The number of hydrogen-bond acceptors (Lipinski definition) is 19. The van der Waals surface area contributed by atoms with Crippen LogP contribution in [-0.2, 0) is 62.5 Å². The van der Waals surface area contributed by atoms with Gasteiger partial charge in [-0.1, -0.05) is 134 Å². The van der Waals surface area contributed by atoms with E-state index in [1.807, 2.05) is 0 Å². The van der Waals surface area contributed by atoms with E-state index in [2.05, 4.69) is 16.5 Å². The van der Waals surface area contributed by atoms with Crippen molar-refractivity contribution in [1.29, 1.82) is 0 Å². The van der Waals surface area contributed by atoms with Crippen molar-refractivity contribution in [3.8, 4) is 0 Å². The van der Waals surface area contributed by atoms with Crippen LogP contribution in [-0.4, -0.2) is 142 Å². The highest BCUT2D eigenvalue weighted by molar-refractivity contribution is 7.94. The summed E-state index contributed by atoms with van der Waals surface area (Å²) in [5.41, 5.74) is 12.4. The first-order valence-electron chi connectivity index (χ1n) is 26.4. The molecule has 4 aliphatic rings. The minimum Gasteiger partial charge on any atom is -0.478 e. The van der Waals surface area contributed by atoms with Crippen LogP contribution in [0.1, 0.15) is 80.4 Å². The van der Waals surface area contributed by atoms with E-state index in [1.54, 1.807) is 121 Å². The maximum absolute atomic E-state index is 14.1. The standard InChI is InChI=1S/C32H29N3O9S.C29H25N3O9S/c1-3-16-42-29(37)22-14-15-34-23(17-22)18-24-27(36)35-26(32(2,19-43-31(33)39)45(40,41)28(24)35)30(38)44-25(20-10-6-4-7-11-20)21-12-8-5-9-13-21;1-29(16-40-28(30)37)23(27(36)41-22(17-8-4-2-5-9-17)18-10-6-3-7-11-18)32-24(33)21(25(32)42(29,38)39)15-20-14-19(26(34)35)12-13-31-20/h3-15,17-18,25-26,28H,1,16,19H2,2H3,(H2,33,39);2-15,22-23,25H,16H2,1H3,(H2,30,37)(H,34,35)/b24-18-;21-15-/t26-,28+,32-;23-,25+,29-/m00/s1. The number of carboxylic acid groups (broad SMARTS) is 1. The first-order chi connectivity index (χ1) is 41.4. The number of carbonyl (C=O) groups excluding carboxylic acids is 7. The molecular formula is C61H54N6O18S2. The number of rotatable bonds is 18. The Labute approximate surface area is 497 Å². The Bertz CT molecular complexity index is 3940. The van der Waals surface area contributed by atoms with Crippen molar-refractivity contribution in [3.63, 3.8) is 0 Å². The molecule has 4 aromatic carbocycles. The lowest BCUT2D eigenvalue weighted by Gasteiger charge is -2.39. The van der Waals surface area contributed by atoms with Gasteiger partial charge in [0.1, 0.15) is 29.3 Å². The van der Waals surface area contributed by atoms with Crippen LogP contribution in [0.25, 0.3) is 12.2 Å². The monoisotopic (exact) mass is 1220 g/mol. The molecule has 4 amide bonds. The Balaban J connectivity index is 0.000000208. The lowest BCUT2D eigenvalue weighted by Crippen LogP contribution is -2.60. The van der Waals surface area contributed by atoms with Crippen LogP contribution < -0.4 is 11.5 Å². The number of primary amides is 2. The fraction of sp³-hybridized carbons (Fsp3) is 0.213. The minimum absolute atomic E-state index is 0.0236. The van der Waals surface area contributed by atoms with Gasteiger partial charge in [-0.3, -0.25) is 19.6 Å². The van der Waals surface area contributed by atoms with Crippen LogP contribution in [0.3, 0.4) is 0 Å². The number of nitrogens with zero attached hydrogens (tertiary/aromatic N) is 4. The molecule has 6 heterocycles. The molecule has 4 saturated heterocycles. The maximum atomic E-state index is 14.1. The topological polar surface area (TPSA) is 356 Å². The summed E-state index contributed by atoms with van der Waals surface area (Å²) in [6.45, 7) is 4.21. The molecule has 0 unspecified atom stereocenters. The molecule has 0 saturated carbocycles. The summed E-state index contributed by atoms with van der Waals surface area (Å²) in [6.07, 6.45) is 1.88. The van der Waals surface area contributed by atoms with Crippen LogP contribution >= 0.6 is 0 Å². The van der Waals surface area contributed by atoms with Crippen LogP contribution in [0.5, 0.6) is 0 Å². The number of β-lactam (4-membered cyclic amide) rings is 2. The van der Waals surface area contributed by atoms with E-state index in [0.717, 1.165) is 15.9 Å². The molecule has 5 N–H and O–H groups in total. The van der Waals surface area contributed by atoms with Crippen molar-refractivity contribution in [2.45, 2.75) is 58.4 Å². The normalized spacial score (nSPS) is 22.8. The van der Waals surface area contributed by atoms with Gasteiger partial charge in [-0.2, -0.15) is 0 Å². The highest BCUT2D eigenvalue weighted by Gasteiger charge is 2.74. The SMILES string of the molecule is C=CCOC(=O)c1ccnc(/C=C2/C(=O)N3[C@@H](C(=O)OC(c4ccccc4)c4ccccc4)[C@](C)(COC(N)=O)S(=O)(=O)[C@H]23)c1.C[C@]1(COC(N)=O)[C@H](C(=O)OC(c2ccccc2)c2ccccc2)N2C(=O)/C(=C/c3cc(C(=O)O)ccn3)[C@H]2S1(=O)=O. The number of carbonyl (C=O) groups is 8. The molecular weight excluding hydrogens is 1170 g/mol. The fourth-order valence-electron chi connectivity index (χ4n) is 10.6. The highest BCUT2D eigenvalue weighted by Crippen LogP contribution is 2.52. The van der Waals surface area contributed by atoms with Crippen molar-refractivity contribution in [2.24, 2.45) is 11.5 Å². The zero-order valence-corrected chi connectivity index (χ0v) is 47.8. The van der Waals surface area contributed by atoms with E-state index in [4.69, 9.17) is 35.2 Å². The summed E-state index contributed by atoms with van der Waals surface area (Å²) < 4.78 is 78.6. The third-order valence-electron chi connectivity index (χ3n) is 14.9. The number of pyridine rings is 2. The van der Waals surface area contributed by atoms with Gasteiger partial charge < -0.3 is 50.1 Å². The van der Waals surface area contributed by atoms with Gasteiger partial charge in [-0.15, -0.1) is 0 Å². The molecule has 6 atom stereocenters. The molecule has 24 nitrogen and oxygen atoms in total. The van der Waals surface area contributed by atoms with E-state index in [-0.39, 0.29) is 40.3 Å². The number of ether oxygens (including phenoxy) is 5. The summed E-state index contributed by atoms with van der Waals surface area (Å²) in [5.74, 6) is -5.54. The number of hydrogen-bond donors (Lipinski definition) is 3. The van der Waals surface area contributed by atoms with Gasteiger partial charge in [0.05, 0.1) is 33.7 Å². The largest absolute Gasteiger partial charge is 0.478 e. The third kappa shape index (κ3) is 11.7. The zero-order valence-electron chi connectivity index (χ0n) is 46.2. The lowest BCUT2D eigenvalue weighted by molar-refractivity contribution is -0.161. The minimum atomic E-state index is -4.45. The summed E-state index contributed by atoms with van der Waals surface area (Å²) in [5, 5.41) is 6.09. The Morgan fingerprint density at radius 1 is 0.575 bits per heavy atom. The quantitative estimate of drug-likeness (QED) is 0.0324. The summed E-state index contributed by atoms with van der Waals surface area (Å²) >= 11 is 0. The number of benzene rings is 4. The average Bonchev–Trinajstić information content (AvgIpc) is 1.54. The summed E-state index contributed by atoms with van der Waals surface area (Å²) in [6, 6.07) is 36.9. The molecule has 10 rings (SSSR count). The zero-order chi connectivity index (χ0) is 62.6. The van der Waals surface area contributed by atoms with Gasteiger partial charge in [-0.05, 0) is 72.5 Å². The number of sulfone groups is 2. The van der Waals surface area contributed by atoms with Gasteiger partial charge in [0, 0.05) is 12.4 Å². The Hall–Kier alpha value is -10.3. The van der Waals surface area contributed by atoms with Crippen LogP contribution in [0.4, 0.5) is 9.59 Å². The molecule has 448 valence electrons. The Morgan fingerprint density at radius 2 is 0.920 bits per heavy atom. The van der Waals surface area contributed by atoms with Gasteiger partial charge in [0.25, 0.3) is 11.8 Å². The molecule has 4 fully saturated rings. The smallest absolute Gasteiger partial charge is 0.404 e. The number of carboxylic acids is 1. The van der Waals surface area contributed by atoms with Gasteiger partial charge in [-0.25, -0.2) is 45.6 Å². The molecule has 2 aromatic heterocycles. The molecule has 0 spiro atoms. The molecule has 87 heavy (non-hydrogen) atoms. The van der Waals surface area contributed by atoms with Crippen LogP contribution in [0, 0.1) is 0 Å². The molecule has 26 heteroatoms. The second kappa shape index (κ2) is 24.7. The van der Waals surface area contributed by atoms with Crippen molar-refractivity contribution in [2.75, 3.05) is 19.8 Å². The van der Waals surface area contributed by atoms with E-state index in [9.17, 15) is 60.3 Å². The second-order valence-corrected chi connectivity index (χ2v) is 25.4. The van der Waals surface area contributed by atoms with E-state index >= 15 is 0 Å². The van der Waals surface area contributed by atoms with Crippen molar-refractivity contribution >= 4 is 79.7 Å². The van der Waals surface area contributed by atoms with E-state index < -0.39 is 125 Å². The van der Waals surface area contributed by atoms with Crippen molar-refractivity contribution in [1.82, 2.24) is 19.8 Å². The molecule has 0 bridgehead atoms. The fourth-order valence-corrected chi connectivity index (χ4v) is 15.1. The average molecular weight is 1220 g/mol. The molecule has 0 aliphatic carbocycles. The lowest BCUT2D eigenvalue weighted by atomic mass is 9.93. The van der Waals surface area contributed by atoms with Crippen LogP contribution in [0.15, 0.2) is 182 Å².